The molecule has 1 unspecified atom stereocenters. The first-order valence-corrected chi connectivity index (χ1v) is 6.23. The zero-order valence-electron chi connectivity index (χ0n) is 10.8. The molecular formula is C15H19NO2. The molecular weight excluding hydrogens is 226 g/mol. The highest BCUT2D eigenvalue weighted by atomic mass is 16.5. The summed E-state index contributed by atoms with van der Waals surface area (Å²) in [5, 5.41) is 3.47. The number of benzene rings is 1. The van der Waals surface area contributed by atoms with E-state index < -0.39 is 0 Å². The Morgan fingerprint density at radius 1 is 1.28 bits per heavy atom. The molecule has 96 valence electrons. The van der Waals surface area contributed by atoms with Gasteiger partial charge in [0.15, 0.2) is 0 Å². The van der Waals surface area contributed by atoms with Crippen LogP contribution in [-0.2, 0) is 6.42 Å². The number of ether oxygens (including phenoxy) is 1. The molecule has 2 rings (SSSR count). The standard InChI is InChI=1S/C15H19NO2/c1-3-16-15(11-14-8-5-9-18-14)12-6-4-7-13(10-12)17-2/h4-10,15-16H,3,11H2,1-2H3. The Balaban J connectivity index is 2.17. The van der Waals surface area contributed by atoms with Gasteiger partial charge in [-0.15, -0.1) is 0 Å². The number of methoxy groups -OCH3 is 1. The van der Waals surface area contributed by atoms with Crippen molar-refractivity contribution >= 4 is 0 Å². The smallest absolute Gasteiger partial charge is 0.119 e. The van der Waals surface area contributed by atoms with Gasteiger partial charge in [-0.05, 0) is 36.4 Å². The molecule has 1 atom stereocenters. The third-order valence-corrected chi connectivity index (χ3v) is 2.93. The van der Waals surface area contributed by atoms with E-state index in [1.165, 1.54) is 5.56 Å². The second-order valence-corrected chi connectivity index (χ2v) is 4.17. The third-order valence-electron chi connectivity index (χ3n) is 2.93. The van der Waals surface area contributed by atoms with E-state index in [2.05, 4.69) is 24.4 Å². The quantitative estimate of drug-likeness (QED) is 0.848. The van der Waals surface area contributed by atoms with Gasteiger partial charge in [0.05, 0.1) is 13.4 Å². The fourth-order valence-corrected chi connectivity index (χ4v) is 2.04. The minimum absolute atomic E-state index is 0.247. The lowest BCUT2D eigenvalue weighted by Crippen LogP contribution is -2.22. The van der Waals surface area contributed by atoms with Crippen molar-refractivity contribution in [3.8, 4) is 5.75 Å². The molecule has 1 heterocycles. The third kappa shape index (κ3) is 3.14. The molecule has 3 heteroatoms. The molecule has 0 aliphatic heterocycles. The van der Waals surface area contributed by atoms with Crippen LogP contribution < -0.4 is 10.1 Å². The first-order valence-electron chi connectivity index (χ1n) is 6.23. The maximum absolute atomic E-state index is 5.42. The number of hydrogen-bond acceptors (Lipinski definition) is 3. The Morgan fingerprint density at radius 3 is 2.83 bits per heavy atom. The van der Waals surface area contributed by atoms with Crippen LogP contribution in [0.1, 0.15) is 24.3 Å². The summed E-state index contributed by atoms with van der Waals surface area (Å²) in [6.07, 6.45) is 2.55. The molecule has 0 fully saturated rings. The fraction of sp³-hybridized carbons (Fsp3) is 0.333. The van der Waals surface area contributed by atoms with Gasteiger partial charge in [-0.3, -0.25) is 0 Å². The van der Waals surface area contributed by atoms with Gasteiger partial charge in [0.25, 0.3) is 0 Å². The van der Waals surface area contributed by atoms with Gasteiger partial charge in [0.2, 0.25) is 0 Å². The molecule has 1 N–H and O–H groups in total. The van der Waals surface area contributed by atoms with E-state index in [4.69, 9.17) is 9.15 Å². The average molecular weight is 245 g/mol. The van der Waals surface area contributed by atoms with Crippen molar-refractivity contribution in [1.82, 2.24) is 5.32 Å². The summed E-state index contributed by atoms with van der Waals surface area (Å²) < 4.78 is 10.7. The Morgan fingerprint density at radius 2 is 2.17 bits per heavy atom. The summed E-state index contributed by atoms with van der Waals surface area (Å²) in [5.41, 5.74) is 1.22. The van der Waals surface area contributed by atoms with Crippen molar-refractivity contribution in [3.63, 3.8) is 0 Å². The highest BCUT2D eigenvalue weighted by Gasteiger charge is 2.13. The second kappa shape index (κ2) is 6.26. The number of rotatable bonds is 6. The molecule has 3 nitrogen and oxygen atoms in total. The molecule has 0 saturated heterocycles. The topological polar surface area (TPSA) is 34.4 Å². The fourth-order valence-electron chi connectivity index (χ4n) is 2.04. The summed E-state index contributed by atoms with van der Waals surface area (Å²) in [7, 11) is 1.69. The first-order chi connectivity index (χ1) is 8.83. The lowest BCUT2D eigenvalue weighted by Gasteiger charge is -2.17. The van der Waals surface area contributed by atoms with Crippen LogP contribution in [0.5, 0.6) is 5.75 Å². The van der Waals surface area contributed by atoms with Crippen LogP contribution in [0, 0.1) is 0 Å². The summed E-state index contributed by atoms with van der Waals surface area (Å²) in [6, 6.07) is 12.3. The van der Waals surface area contributed by atoms with E-state index in [1.807, 2.05) is 24.3 Å². The first kappa shape index (κ1) is 12.7. The van der Waals surface area contributed by atoms with E-state index in [1.54, 1.807) is 13.4 Å². The highest BCUT2D eigenvalue weighted by molar-refractivity contribution is 5.31. The lowest BCUT2D eigenvalue weighted by molar-refractivity contribution is 0.411. The molecule has 0 aliphatic rings. The van der Waals surface area contributed by atoms with Crippen molar-refractivity contribution in [2.75, 3.05) is 13.7 Å². The molecule has 0 aliphatic carbocycles. The number of nitrogens with one attached hydrogen (secondary N) is 1. The molecule has 0 saturated carbocycles. The van der Waals surface area contributed by atoms with Crippen LogP contribution in [0.25, 0.3) is 0 Å². The van der Waals surface area contributed by atoms with E-state index in [0.717, 1.165) is 24.5 Å². The number of likely N-dealkylation sites (N-methyl/N-ethyl adjacent to an activating group) is 1. The molecule has 18 heavy (non-hydrogen) atoms. The Bertz CT molecular complexity index is 465. The van der Waals surface area contributed by atoms with E-state index in [9.17, 15) is 0 Å². The SMILES string of the molecule is CCNC(Cc1ccco1)c1cccc(OC)c1. The Hall–Kier alpha value is -1.74. The molecule has 0 bridgehead atoms. The summed E-state index contributed by atoms with van der Waals surface area (Å²) in [6.45, 7) is 3.03. The van der Waals surface area contributed by atoms with Crippen LogP contribution in [0.15, 0.2) is 47.1 Å². The normalized spacial score (nSPS) is 12.3. The molecule has 0 amide bonds. The largest absolute Gasteiger partial charge is 0.497 e. The average Bonchev–Trinajstić information content (AvgIpc) is 2.91. The van der Waals surface area contributed by atoms with Gasteiger partial charge < -0.3 is 14.5 Å². The number of hydrogen-bond donors (Lipinski definition) is 1. The molecule has 0 radical (unpaired) electrons. The zero-order valence-corrected chi connectivity index (χ0v) is 10.8. The van der Waals surface area contributed by atoms with Crippen molar-refractivity contribution in [2.45, 2.75) is 19.4 Å². The van der Waals surface area contributed by atoms with Crippen LogP contribution in [0.4, 0.5) is 0 Å². The Kier molecular flexibility index (Phi) is 4.42. The van der Waals surface area contributed by atoms with Gasteiger partial charge >= 0.3 is 0 Å². The minimum atomic E-state index is 0.247. The van der Waals surface area contributed by atoms with Crippen LogP contribution in [-0.4, -0.2) is 13.7 Å². The van der Waals surface area contributed by atoms with E-state index in [-0.39, 0.29) is 6.04 Å². The van der Waals surface area contributed by atoms with Gasteiger partial charge in [-0.25, -0.2) is 0 Å². The predicted molar refractivity (Wildman–Crippen MR) is 71.8 cm³/mol. The molecule has 1 aromatic heterocycles. The van der Waals surface area contributed by atoms with Crippen molar-refractivity contribution in [2.24, 2.45) is 0 Å². The van der Waals surface area contributed by atoms with Crippen molar-refractivity contribution in [1.29, 1.82) is 0 Å². The Labute approximate surface area is 108 Å². The molecule has 1 aromatic carbocycles. The van der Waals surface area contributed by atoms with E-state index >= 15 is 0 Å². The molecule has 0 spiro atoms. The highest BCUT2D eigenvalue weighted by Crippen LogP contribution is 2.22. The summed E-state index contributed by atoms with van der Waals surface area (Å²) in [5.74, 6) is 1.87. The maximum atomic E-state index is 5.42. The lowest BCUT2D eigenvalue weighted by atomic mass is 10.0. The van der Waals surface area contributed by atoms with E-state index in [0.29, 0.717) is 0 Å². The molecule has 2 aromatic rings. The van der Waals surface area contributed by atoms with Crippen molar-refractivity contribution in [3.05, 3.63) is 54.0 Å². The maximum Gasteiger partial charge on any atom is 0.119 e. The summed E-state index contributed by atoms with van der Waals surface area (Å²) >= 11 is 0. The predicted octanol–water partition coefficient (Wildman–Crippen LogP) is 3.18. The van der Waals surface area contributed by atoms with Crippen LogP contribution in [0.2, 0.25) is 0 Å². The second-order valence-electron chi connectivity index (χ2n) is 4.17. The van der Waals surface area contributed by atoms with Crippen molar-refractivity contribution < 1.29 is 9.15 Å². The van der Waals surface area contributed by atoms with Crippen LogP contribution in [0.3, 0.4) is 0 Å². The summed E-state index contributed by atoms with van der Waals surface area (Å²) in [4.78, 5) is 0. The van der Waals surface area contributed by atoms with Gasteiger partial charge in [0, 0.05) is 12.5 Å². The monoisotopic (exact) mass is 245 g/mol. The van der Waals surface area contributed by atoms with Gasteiger partial charge in [-0.2, -0.15) is 0 Å². The number of furan rings is 1. The van der Waals surface area contributed by atoms with Crippen LogP contribution >= 0.6 is 0 Å². The van der Waals surface area contributed by atoms with Gasteiger partial charge in [0.1, 0.15) is 11.5 Å². The van der Waals surface area contributed by atoms with Gasteiger partial charge in [-0.1, -0.05) is 19.1 Å². The minimum Gasteiger partial charge on any atom is -0.497 e. The zero-order chi connectivity index (χ0) is 12.8.